The lowest BCUT2D eigenvalue weighted by Crippen LogP contribution is -2.50. The van der Waals surface area contributed by atoms with Gasteiger partial charge >= 0.3 is 17.9 Å². The number of rotatable bonds is 29. The number of unbranched alkanes of at least 4 members (excludes halogenated alkanes) is 13. The Morgan fingerprint density at radius 3 is 1.76 bits per heavy atom. The summed E-state index contributed by atoms with van der Waals surface area (Å²) >= 11 is 0. The highest BCUT2D eigenvalue weighted by Gasteiger charge is 2.31. The largest absolute Gasteiger partial charge is 0.477 e. The van der Waals surface area contributed by atoms with Crippen molar-refractivity contribution in [2.45, 2.75) is 148 Å². The first kappa shape index (κ1) is 40.1. The van der Waals surface area contributed by atoms with E-state index < -0.39 is 18.1 Å². The van der Waals surface area contributed by atoms with Gasteiger partial charge in [0.15, 0.2) is 12.1 Å². The molecule has 0 aliphatic rings. The van der Waals surface area contributed by atoms with E-state index in [4.69, 9.17) is 14.2 Å². The van der Waals surface area contributed by atoms with Gasteiger partial charge in [0.25, 0.3) is 0 Å². The fourth-order valence-corrected chi connectivity index (χ4v) is 4.73. The van der Waals surface area contributed by atoms with Crippen LogP contribution in [0.5, 0.6) is 0 Å². The average Bonchev–Trinajstić information content (AvgIpc) is 2.92. The summed E-state index contributed by atoms with van der Waals surface area (Å²) in [6, 6.07) is -0.608. The first-order valence-electron chi connectivity index (χ1n) is 16.7. The number of allylic oxidation sites excluding steroid dienone is 2. The molecule has 0 heterocycles. The van der Waals surface area contributed by atoms with Crippen molar-refractivity contribution in [1.82, 2.24) is 0 Å². The van der Waals surface area contributed by atoms with Gasteiger partial charge in [-0.3, -0.25) is 9.59 Å². The predicted octanol–water partition coefficient (Wildman–Crippen LogP) is 7.63. The Hall–Kier alpha value is -1.93. The van der Waals surface area contributed by atoms with Crippen LogP contribution in [0.2, 0.25) is 0 Å². The minimum Gasteiger partial charge on any atom is -0.477 e. The number of likely N-dealkylation sites (N-methyl/N-ethyl adjacent to an activating group) is 1. The van der Waals surface area contributed by atoms with E-state index in [9.17, 15) is 19.5 Å². The molecule has 0 aromatic rings. The number of carbonyl (C=O) groups excluding carboxylic acids is 2. The van der Waals surface area contributed by atoms with Gasteiger partial charge in [-0.1, -0.05) is 90.2 Å². The minimum atomic E-state index is -0.878. The Kier molecular flexibility index (Phi) is 25.5. The summed E-state index contributed by atoms with van der Waals surface area (Å²) in [5, 5.41) is 9.52. The normalized spacial score (nSPS) is 13.3. The number of carbonyl (C=O) groups is 3. The lowest BCUT2D eigenvalue weighted by molar-refractivity contribution is -0.887. The number of carboxylic acid groups (broad SMARTS) is 1. The van der Waals surface area contributed by atoms with Gasteiger partial charge in [-0.05, 0) is 38.5 Å². The number of esters is 2. The maximum Gasteiger partial charge on any atom is 0.362 e. The van der Waals surface area contributed by atoms with Crippen molar-refractivity contribution in [3.8, 4) is 0 Å². The predicted molar refractivity (Wildman–Crippen MR) is 169 cm³/mol. The van der Waals surface area contributed by atoms with Crippen LogP contribution >= 0.6 is 0 Å². The molecule has 8 nitrogen and oxygen atoms in total. The molecule has 0 bridgehead atoms. The summed E-state index contributed by atoms with van der Waals surface area (Å²) in [5.41, 5.74) is 0. The van der Waals surface area contributed by atoms with Crippen molar-refractivity contribution in [3.05, 3.63) is 12.2 Å². The molecule has 1 N–H and O–H groups in total. The molecule has 0 spiro atoms. The van der Waals surface area contributed by atoms with Crippen LogP contribution in [0.4, 0.5) is 0 Å². The van der Waals surface area contributed by atoms with Gasteiger partial charge in [0, 0.05) is 19.3 Å². The maximum absolute atomic E-state index is 12.5. The van der Waals surface area contributed by atoms with Gasteiger partial charge < -0.3 is 23.8 Å². The second-order valence-corrected chi connectivity index (χ2v) is 12.4. The van der Waals surface area contributed by atoms with E-state index >= 15 is 0 Å². The first-order valence-corrected chi connectivity index (χ1v) is 16.7. The van der Waals surface area contributed by atoms with Gasteiger partial charge in [0.2, 0.25) is 0 Å². The van der Waals surface area contributed by atoms with E-state index in [0.29, 0.717) is 19.3 Å². The molecule has 0 saturated heterocycles. The molecular weight excluding hydrogens is 534 g/mol. The molecule has 0 aromatic carbocycles. The van der Waals surface area contributed by atoms with Gasteiger partial charge in [-0.25, -0.2) is 4.79 Å². The molecule has 8 heteroatoms. The summed E-state index contributed by atoms with van der Waals surface area (Å²) in [5.74, 6) is -1.49. The number of ether oxygens (including phenoxy) is 3. The number of hydrogen-bond donors (Lipinski definition) is 1. The summed E-state index contributed by atoms with van der Waals surface area (Å²) in [6.07, 6.45) is 22.7. The molecule has 0 aliphatic carbocycles. The SMILES string of the molecule is CCCCC/C=C\CCCCCCCC(=O)OC(COCCC(C(=O)O)[N+](C)(C)C)COC(=O)CCCCCCCC. The quantitative estimate of drug-likeness (QED) is 0.0409. The zero-order chi connectivity index (χ0) is 31.5. The highest BCUT2D eigenvalue weighted by Crippen LogP contribution is 2.12. The topological polar surface area (TPSA) is 99.1 Å². The van der Waals surface area contributed by atoms with Gasteiger partial charge in [0.05, 0.1) is 34.4 Å². The number of carboxylic acids is 1. The lowest BCUT2D eigenvalue weighted by Gasteiger charge is -2.31. The highest BCUT2D eigenvalue weighted by molar-refractivity contribution is 5.72. The van der Waals surface area contributed by atoms with E-state index in [1.807, 2.05) is 21.1 Å². The number of quaternary nitrogens is 1. The van der Waals surface area contributed by atoms with Crippen molar-refractivity contribution in [2.24, 2.45) is 0 Å². The summed E-state index contributed by atoms with van der Waals surface area (Å²) in [6.45, 7) is 4.62. The van der Waals surface area contributed by atoms with Crippen molar-refractivity contribution in [1.29, 1.82) is 0 Å². The Balaban J connectivity index is 4.47. The van der Waals surface area contributed by atoms with Crippen LogP contribution in [-0.2, 0) is 28.6 Å². The third kappa shape index (κ3) is 24.6. The second-order valence-electron chi connectivity index (χ2n) is 12.4. The maximum atomic E-state index is 12.5. The van der Waals surface area contributed by atoms with Crippen LogP contribution in [-0.4, -0.2) is 80.6 Å². The third-order valence-corrected chi connectivity index (χ3v) is 7.41. The molecule has 0 rings (SSSR count). The fraction of sp³-hybridized carbons (Fsp3) is 0.853. The fourth-order valence-electron chi connectivity index (χ4n) is 4.73. The molecule has 2 atom stereocenters. The molecule has 0 aliphatic heterocycles. The van der Waals surface area contributed by atoms with E-state index in [1.54, 1.807) is 0 Å². The molecule has 246 valence electrons. The van der Waals surface area contributed by atoms with Crippen LogP contribution in [0.25, 0.3) is 0 Å². The molecule has 0 fully saturated rings. The van der Waals surface area contributed by atoms with Crippen LogP contribution in [0.1, 0.15) is 136 Å². The van der Waals surface area contributed by atoms with Crippen molar-refractivity contribution in [2.75, 3.05) is 41.0 Å². The molecule has 0 aromatic heterocycles. The van der Waals surface area contributed by atoms with E-state index in [-0.39, 0.29) is 36.2 Å². The third-order valence-electron chi connectivity index (χ3n) is 7.41. The van der Waals surface area contributed by atoms with Crippen molar-refractivity contribution < 1.29 is 38.2 Å². The molecule has 42 heavy (non-hydrogen) atoms. The first-order chi connectivity index (χ1) is 20.1. The Labute approximate surface area is 257 Å². The monoisotopic (exact) mass is 598 g/mol. The summed E-state index contributed by atoms with van der Waals surface area (Å²) in [4.78, 5) is 36.4. The van der Waals surface area contributed by atoms with Gasteiger partial charge in [0.1, 0.15) is 6.61 Å². The van der Waals surface area contributed by atoms with Crippen LogP contribution in [0.3, 0.4) is 0 Å². The standard InChI is InChI=1S/C34H63NO7/c1-6-8-10-12-14-15-16-17-18-19-21-23-25-33(37)42-30(28-40-27-26-31(34(38)39)35(3,4)5)29-41-32(36)24-22-20-13-11-9-7-2/h14-15,30-31H,6-13,16-29H2,1-5H3/p+1/b15-14-. The van der Waals surface area contributed by atoms with Crippen molar-refractivity contribution >= 4 is 17.9 Å². The Morgan fingerprint density at radius 2 is 1.19 bits per heavy atom. The number of aliphatic carboxylic acids is 1. The minimum absolute atomic E-state index is 0.0515. The van der Waals surface area contributed by atoms with Crippen LogP contribution in [0, 0.1) is 0 Å². The summed E-state index contributed by atoms with van der Waals surface area (Å²) in [7, 11) is 5.50. The summed E-state index contributed by atoms with van der Waals surface area (Å²) < 4.78 is 17.0. The highest BCUT2D eigenvalue weighted by atomic mass is 16.6. The van der Waals surface area contributed by atoms with Crippen LogP contribution < -0.4 is 0 Å². The van der Waals surface area contributed by atoms with E-state index in [1.165, 1.54) is 51.4 Å². The molecule has 0 amide bonds. The number of nitrogens with zero attached hydrogens (tertiary/aromatic N) is 1. The lowest BCUT2D eigenvalue weighted by atomic mass is 10.1. The average molecular weight is 599 g/mol. The van der Waals surface area contributed by atoms with E-state index in [0.717, 1.165) is 51.4 Å². The smallest absolute Gasteiger partial charge is 0.362 e. The molecule has 2 unspecified atom stereocenters. The zero-order valence-electron chi connectivity index (χ0n) is 27.7. The molecule has 0 radical (unpaired) electrons. The Morgan fingerprint density at radius 1 is 0.690 bits per heavy atom. The Bertz CT molecular complexity index is 717. The zero-order valence-corrected chi connectivity index (χ0v) is 27.7. The second kappa shape index (κ2) is 26.7. The molecule has 0 saturated carbocycles. The van der Waals surface area contributed by atoms with Crippen LogP contribution in [0.15, 0.2) is 12.2 Å². The van der Waals surface area contributed by atoms with Gasteiger partial charge in [-0.2, -0.15) is 0 Å². The number of hydrogen-bond acceptors (Lipinski definition) is 6. The molecular formula is C34H64NO7+. The van der Waals surface area contributed by atoms with E-state index in [2.05, 4.69) is 26.0 Å². The van der Waals surface area contributed by atoms with Crippen molar-refractivity contribution in [3.63, 3.8) is 0 Å². The van der Waals surface area contributed by atoms with Gasteiger partial charge in [-0.15, -0.1) is 0 Å².